The third-order valence-electron chi connectivity index (χ3n) is 3.86. The van der Waals surface area contributed by atoms with E-state index < -0.39 is 0 Å². The van der Waals surface area contributed by atoms with Crippen LogP contribution in [0.5, 0.6) is 0 Å². The summed E-state index contributed by atoms with van der Waals surface area (Å²) in [6.07, 6.45) is 0. The van der Waals surface area contributed by atoms with Gasteiger partial charge in [0.25, 0.3) is 5.91 Å². The summed E-state index contributed by atoms with van der Waals surface area (Å²) in [6, 6.07) is 18.1. The lowest BCUT2D eigenvalue weighted by Crippen LogP contribution is -2.88. The molecule has 3 nitrogen and oxygen atoms in total. The van der Waals surface area contributed by atoms with E-state index in [1.165, 1.54) is 5.56 Å². The van der Waals surface area contributed by atoms with Crippen molar-refractivity contribution < 1.29 is 10.1 Å². The fourth-order valence-electron chi connectivity index (χ4n) is 2.58. The predicted octanol–water partition coefficient (Wildman–Crippen LogP) is 2.92. The third-order valence-corrected chi connectivity index (χ3v) is 4.11. The van der Waals surface area contributed by atoms with E-state index >= 15 is 0 Å². The maximum atomic E-state index is 12.1. The molecule has 0 heterocycles. The van der Waals surface area contributed by atoms with Crippen molar-refractivity contribution >= 4 is 17.5 Å². The van der Waals surface area contributed by atoms with Crippen LogP contribution in [0.15, 0.2) is 54.6 Å². The van der Waals surface area contributed by atoms with Crippen LogP contribution in [-0.4, -0.2) is 12.5 Å². The topological polar surface area (TPSA) is 45.7 Å². The van der Waals surface area contributed by atoms with E-state index in [1.807, 2.05) is 42.5 Å². The molecule has 0 radical (unpaired) electrons. The van der Waals surface area contributed by atoms with Gasteiger partial charge in [-0.05, 0) is 17.7 Å². The number of hydrogen-bond acceptors (Lipinski definition) is 1. The molecule has 2 aromatic carbocycles. The van der Waals surface area contributed by atoms with Gasteiger partial charge >= 0.3 is 0 Å². The third kappa shape index (κ3) is 5.70. The Morgan fingerprint density at radius 2 is 1.74 bits per heavy atom. The van der Waals surface area contributed by atoms with Crippen LogP contribution in [0.2, 0.25) is 5.02 Å². The number of nitrogens with one attached hydrogen (secondary N) is 1. The predicted molar refractivity (Wildman–Crippen MR) is 94.1 cm³/mol. The van der Waals surface area contributed by atoms with Gasteiger partial charge in [0, 0.05) is 23.0 Å². The summed E-state index contributed by atoms with van der Waals surface area (Å²) in [7, 11) is 0. The van der Waals surface area contributed by atoms with Crippen molar-refractivity contribution in [2.24, 2.45) is 5.92 Å². The molecule has 2 aromatic rings. The van der Waals surface area contributed by atoms with E-state index in [4.69, 9.17) is 11.6 Å². The zero-order valence-corrected chi connectivity index (χ0v) is 14.4. The molecule has 122 valence electrons. The first-order valence-corrected chi connectivity index (χ1v) is 8.33. The van der Waals surface area contributed by atoms with Gasteiger partial charge in [0.2, 0.25) is 0 Å². The van der Waals surface area contributed by atoms with E-state index in [0.29, 0.717) is 24.0 Å². The molecule has 0 bridgehead atoms. The van der Waals surface area contributed by atoms with E-state index in [-0.39, 0.29) is 11.9 Å². The molecule has 3 N–H and O–H groups in total. The largest absolute Gasteiger partial charge is 0.347 e. The monoisotopic (exact) mass is 331 g/mol. The second kappa shape index (κ2) is 8.70. The summed E-state index contributed by atoms with van der Waals surface area (Å²) in [5.41, 5.74) is 2.30. The van der Waals surface area contributed by atoms with Crippen LogP contribution in [0.4, 0.5) is 0 Å². The van der Waals surface area contributed by atoms with Gasteiger partial charge in [-0.15, -0.1) is 0 Å². The number of carbonyl (C=O) groups excluding carboxylic acids is 1. The number of benzene rings is 2. The van der Waals surface area contributed by atoms with Crippen molar-refractivity contribution in [1.82, 2.24) is 5.32 Å². The van der Waals surface area contributed by atoms with Gasteiger partial charge in [0.05, 0.1) is 0 Å². The molecule has 0 unspecified atom stereocenters. The Bertz CT molecular complexity index is 611. The van der Waals surface area contributed by atoms with Gasteiger partial charge in [0.1, 0.15) is 6.04 Å². The quantitative estimate of drug-likeness (QED) is 0.805. The molecule has 0 spiro atoms. The average molecular weight is 332 g/mol. The molecule has 4 heteroatoms. The standard InChI is InChI=1S/C19H23ClN2O/c1-14(2)19(16-6-4-3-5-7-16)22-13-18(23)21-12-15-8-10-17(20)11-9-15/h3-11,14,19,22H,12-13H2,1-2H3,(H,21,23)/p+1/t19-/m1/s1. The Hall–Kier alpha value is -1.84. The lowest BCUT2D eigenvalue weighted by atomic mass is 9.96. The summed E-state index contributed by atoms with van der Waals surface area (Å²) in [5, 5.41) is 5.76. The van der Waals surface area contributed by atoms with Crippen LogP contribution >= 0.6 is 11.6 Å². The van der Waals surface area contributed by atoms with Gasteiger partial charge in [-0.2, -0.15) is 0 Å². The normalized spacial score (nSPS) is 12.2. The molecule has 0 aliphatic carbocycles. The summed E-state index contributed by atoms with van der Waals surface area (Å²) in [6.45, 7) is 5.31. The molecule has 0 aliphatic heterocycles. The van der Waals surface area contributed by atoms with Gasteiger partial charge in [-0.3, -0.25) is 4.79 Å². The average Bonchev–Trinajstić information content (AvgIpc) is 2.55. The number of quaternary nitrogens is 1. The first-order chi connectivity index (χ1) is 11.1. The van der Waals surface area contributed by atoms with Crippen LogP contribution in [0.25, 0.3) is 0 Å². The van der Waals surface area contributed by atoms with E-state index in [1.54, 1.807) is 0 Å². The molecule has 0 aliphatic rings. The number of hydrogen-bond donors (Lipinski definition) is 2. The summed E-state index contributed by atoms with van der Waals surface area (Å²) < 4.78 is 0. The molecule has 0 fully saturated rings. The highest BCUT2D eigenvalue weighted by molar-refractivity contribution is 6.30. The van der Waals surface area contributed by atoms with Crippen molar-refractivity contribution in [1.29, 1.82) is 0 Å². The summed E-state index contributed by atoms with van der Waals surface area (Å²) in [4.78, 5) is 12.1. The van der Waals surface area contributed by atoms with Gasteiger partial charge < -0.3 is 10.6 Å². The Balaban J connectivity index is 1.83. The number of halogens is 1. The van der Waals surface area contributed by atoms with Gasteiger partial charge in [-0.1, -0.05) is 67.9 Å². The molecule has 0 saturated heterocycles. The smallest absolute Gasteiger partial charge is 0.275 e. The number of nitrogens with two attached hydrogens (primary N) is 1. The Kier molecular flexibility index (Phi) is 6.63. The minimum Gasteiger partial charge on any atom is -0.347 e. The van der Waals surface area contributed by atoms with Crippen molar-refractivity contribution in [2.45, 2.75) is 26.4 Å². The van der Waals surface area contributed by atoms with E-state index in [2.05, 4.69) is 36.6 Å². The van der Waals surface area contributed by atoms with Crippen LogP contribution < -0.4 is 10.6 Å². The highest BCUT2D eigenvalue weighted by Crippen LogP contribution is 2.16. The second-order valence-corrected chi connectivity index (χ2v) is 6.46. The minimum atomic E-state index is 0.0431. The Labute approximate surface area is 143 Å². The zero-order valence-electron chi connectivity index (χ0n) is 13.6. The summed E-state index contributed by atoms with van der Waals surface area (Å²) >= 11 is 5.85. The zero-order chi connectivity index (χ0) is 16.7. The molecule has 1 atom stereocenters. The van der Waals surface area contributed by atoms with Gasteiger partial charge in [0.15, 0.2) is 6.54 Å². The lowest BCUT2D eigenvalue weighted by molar-refractivity contribution is -0.692. The molecule has 23 heavy (non-hydrogen) atoms. The van der Waals surface area contributed by atoms with Crippen LogP contribution in [0.1, 0.15) is 31.0 Å². The highest BCUT2D eigenvalue weighted by atomic mass is 35.5. The molecule has 0 aromatic heterocycles. The highest BCUT2D eigenvalue weighted by Gasteiger charge is 2.19. The first kappa shape index (κ1) is 17.5. The van der Waals surface area contributed by atoms with E-state index in [0.717, 1.165) is 5.56 Å². The van der Waals surface area contributed by atoms with Crippen LogP contribution in [0, 0.1) is 5.92 Å². The minimum absolute atomic E-state index is 0.0431. The molecule has 2 rings (SSSR count). The number of amides is 1. The maximum Gasteiger partial charge on any atom is 0.275 e. The summed E-state index contributed by atoms with van der Waals surface area (Å²) in [5.74, 6) is 0.503. The fourth-order valence-corrected chi connectivity index (χ4v) is 2.70. The van der Waals surface area contributed by atoms with Crippen molar-refractivity contribution in [3.05, 3.63) is 70.7 Å². The molecule has 0 saturated carbocycles. The lowest BCUT2D eigenvalue weighted by Gasteiger charge is -2.19. The molecular weight excluding hydrogens is 308 g/mol. The Morgan fingerprint density at radius 3 is 2.35 bits per heavy atom. The SMILES string of the molecule is CC(C)[C@@H]([NH2+]CC(=O)NCc1ccc(Cl)cc1)c1ccccc1. The van der Waals surface area contributed by atoms with Crippen LogP contribution in [-0.2, 0) is 11.3 Å². The van der Waals surface area contributed by atoms with Crippen molar-refractivity contribution in [2.75, 3.05) is 6.54 Å². The fraction of sp³-hybridized carbons (Fsp3) is 0.316. The number of carbonyl (C=O) groups is 1. The van der Waals surface area contributed by atoms with Crippen molar-refractivity contribution in [3.63, 3.8) is 0 Å². The second-order valence-electron chi connectivity index (χ2n) is 6.02. The van der Waals surface area contributed by atoms with Crippen LogP contribution in [0.3, 0.4) is 0 Å². The van der Waals surface area contributed by atoms with E-state index in [9.17, 15) is 4.79 Å². The molecular formula is C19H24ClN2O+. The molecule has 1 amide bonds. The first-order valence-electron chi connectivity index (χ1n) is 7.95. The number of rotatable bonds is 7. The van der Waals surface area contributed by atoms with Crippen molar-refractivity contribution in [3.8, 4) is 0 Å². The Morgan fingerprint density at radius 1 is 1.09 bits per heavy atom. The van der Waals surface area contributed by atoms with Gasteiger partial charge in [-0.25, -0.2) is 0 Å². The maximum absolute atomic E-state index is 12.1.